The number of aryl methyl sites for hydroxylation is 1. The molecule has 0 aliphatic carbocycles. The highest BCUT2D eigenvalue weighted by Crippen LogP contribution is 2.38. The first-order valence-corrected chi connectivity index (χ1v) is 7.10. The van der Waals surface area contributed by atoms with E-state index in [1.54, 1.807) is 0 Å². The van der Waals surface area contributed by atoms with Crippen molar-refractivity contribution in [2.24, 2.45) is 0 Å². The molecule has 0 radical (unpaired) electrons. The Morgan fingerprint density at radius 2 is 1.81 bits per heavy atom. The maximum absolute atomic E-state index is 5.94. The number of nitrogen functional groups attached to an aromatic ring is 1. The Kier molecular flexibility index (Phi) is 2.74. The van der Waals surface area contributed by atoms with Crippen LogP contribution in [0.25, 0.3) is 22.0 Å². The van der Waals surface area contributed by atoms with Gasteiger partial charge in [0.25, 0.3) is 0 Å². The summed E-state index contributed by atoms with van der Waals surface area (Å²) < 4.78 is 5.89. The van der Waals surface area contributed by atoms with Crippen molar-refractivity contribution in [3.8, 4) is 17.0 Å². The van der Waals surface area contributed by atoms with Crippen LogP contribution in [0.15, 0.2) is 42.5 Å². The van der Waals surface area contributed by atoms with Crippen molar-refractivity contribution in [1.82, 2.24) is 10.2 Å². The number of para-hydroxylation sites is 1. The van der Waals surface area contributed by atoms with Gasteiger partial charge in [0.15, 0.2) is 5.82 Å². The average molecular weight is 277 g/mol. The standard InChI is InChI=1S/C17H15N3O/c18-17-13-8-2-1-7-12(13)15(19-20-17)14-9-3-5-11-6-4-10-21-16(11)14/h1-3,5,7-9H,4,6,10H2,(H2,18,20). The van der Waals surface area contributed by atoms with Crippen LogP contribution < -0.4 is 10.5 Å². The van der Waals surface area contributed by atoms with Gasteiger partial charge in [-0.3, -0.25) is 0 Å². The minimum Gasteiger partial charge on any atom is -0.493 e. The number of hydrogen-bond acceptors (Lipinski definition) is 4. The van der Waals surface area contributed by atoms with E-state index in [-0.39, 0.29) is 0 Å². The zero-order valence-corrected chi connectivity index (χ0v) is 11.5. The zero-order valence-electron chi connectivity index (χ0n) is 11.5. The van der Waals surface area contributed by atoms with Gasteiger partial charge in [0.1, 0.15) is 11.4 Å². The molecule has 2 aromatic carbocycles. The van der Waals surface area contributed by atoms with Gasteiger partial charge in [0.05, 0.1) is 6.61 Å². The topological polar surface area (TPSA) is 61.0 Å². The van der Waals surface area contributed by atoms with E-state index in [1.807, 2.05) is 30.3 Å². The van der Waals surface area contributed by atoms with Gasteiger partial charge < -0.3 is 10.5 Å². The van der Waals surface area contributed by atoms with Gasteiger partial charge in [0, 0.05) is 16.3 Å². The van der Waals surface area contributed by atoms with Crippen molar-refractivity contribution in [3.05, 3.63) is 48.0 Å². The molecule has 0 atom stereocenters. The molecule has 0 saturated carbocycles. The predicted octanol–water partition coefficient (Wildman–Crippen LogP) is 3.20. The fraction of sp³-hybridized carbons (Fsp3) is 0.176. The van der Waals surface area contributed by atoms with E-state index in [2.05, 4.69) is 22.3 Å². The lowest BCUT2D eigenvalue weighted by molar-refractivity contribution is 0.289. The molecule has 0 saturated heterocycles. The number of hydrogen-bond donors (Lipinski definition) is 1. The van der Waals surface area contributed by atoms with Crippen LogP contribution in [0.1, 0.15) is 12.0 Å². The summed E-state index contributed by atoms with van der Waals surface area (Å²) in [6, 6.07) is 14.2. The van der Waals surface area contributed by atoms with Crippen LogP contribution >= 0.6 is 0 Å². The van der Waals surface area contributed by atoms with Crippen LogP contribution in [-0.4, -0.2) is 16.8 Å². The van der Waals surface area contributed by atoms with Crippen LogP contribution in [0.4, 0.5) is 5.82 Å². The Hall–Kier alpha value is -2.62. The summed E-state index contributed by atoms with van der Waals surface area (Å²) in [6.45, 7) is 0.754. The number of benzene rings is 2. The van der Waals surface area contributed by atoms with Gasteiger partial charge in [-0.1, -0.05) is 36.4 Å². The quantitative estimate of drug-likeness (QED) is 0.742. The van der Waals surface area contributed by atoms with Gasteiger partial charge in [-0.25, -0.2) is 0 Å². The zero-order chi connectivity index (χ0) is 14.2. The van der Waals surface area contributed by atoms with E-state index in [1.165, 1.54) is 5.56 Å². The van der Waals surface area contributed by atoms with E-state index in [9.17, 15) is 0 Å². The predicted molar refractivity (Wildman–Crippen MR) is 83.2 cm³/mol. The Labute approximate surface area is 122 Å². The molecule has 4 heteroatoms. The third-order valence-electron chi connectivity index (χ3n) is 3.90. The highest BCUT2D eigenvalue weighted by Gasteiger charge is 2.18. The molecule has 1 aromatic heterocycles. The third kappa shape index (κ3) is 1.91. The van der Waals surface area contributed by atoms with Gasteiger partial charge in [0.2, 0.25) is 0 Å². The molecule has 21 heavy (non-hydrogen) atoms. The molecule has 1 aliphatic rings. The number of rotatable bonds is 1. The van der Waals surface area contributed by atoms with Crippen molar-refractivity contribution < 1.29 is 4.74 Å². The number of ether oxygens (including phenoxy) is 1. The summed E-state index contributed by atoms with van der Waals surface area (Å²) in [5.74, 6) is 1.40. The van der Waals surface area contributed by atoms with Crippen molar-refractivity contribution in [2.45, 2.75) is 12.8 Å². The molecule has 0 unspecified atom stereocenters. The number of nitrogens with two attached hydrogens (primary N) is 1. The minimum absolute atomic E-state index is 0.458. The number of nitrogens with zero attached hydrogens (tertiary/aromatic N) is 2. The highest BCUT2D eigenvalue weighted by molar-refractivity contribution is 6.00. The van der Waals surface area contributed by atoms with Crippen LogP contribution in [0.5, 0.6) is 5.75 Å². The molecular weight excluding hydrogens is 262 g/mol. The van der Waals surface area contributed by atoms with Gasteiger partial charge in [-0.2, -0.15) is 0 Å². The molecule has 0 spiro atoms. The summed E-state index contributed by atoms with van der Waals surface area (Å²) in [4.78, 5) is 0. The Morgan fingerprint density at radius 1 is 0.952 bits per heavy atom. The number of fused-ring (bicyclic) bond motifs is 2. The first-order chi connectivity index (χ1) is 10.3. The molecule has 0 bridgehead atoms. The molecule has 4 nitrogen and oxygen atoms in total. The van der Waals surface area contributed by atoms with Gasteiger partial charge in [-0.15, -0.1) is 10.2 Å². The Balaban J connectivity index is 2.02. The first kappa shape index (κ1) is 12.1. The summed E-state index contributed by atoms with van der Waals surface area (Å²) in [5, 5.41) is 10.4. The monoisotopic (exact) mass is 277 g/mol. The fourth-order valence-electron chi connectivity index (χ4n) is 2.90. The summed E-state index contributed by atoms with van der Waals surface area (Å²) in [7, 11) is 0. The lowest BCUT2D eigenvalue weighted by Gasteiger charge is -2.20. The SMILES string of the molecule is Nc1nnc(-c2cccc3c2OCCC3)c2ccccc12. The van der Waals surface area contributed by atoms with Crippen molar-refractivity contribution >= 4 is 16.6 Å². The van der Waals surface area contributed by atoms with Gasteiger partial charge in [-0.05, 0) is 24.5 Å². The summed E-state index contributed by atoms with van der Waals surface area (Å²) >= 11 is 0. The lowest BCUT2D eigenvalue weighted by Crippen LogP contribution is -2.09. The number of aromatic nitrogens is 2. The number of anilines is 1. The molecule has 2 N–H and O–H groups in total. The average Bonchev–Trinajstić information content (AvgIpc) is 2.55. The second-order valence-corrected chi connectivity index (χ2v) is 5.23. The van der Waals surface area contributed by atoms with Crippen LogP contribution in [0, 0.1) is 0 Å². The lowest BCUT2D eigenvalue weighted by atomic mass is 9.98. The van der Waals surface area contributed by atoms with Crippen molar-refractivity contribution in [2.75, 3.05) is 12.3 Å². The van der Waals surface area contributed by atoms with Gasteiger partial charge >= 0.3 is 0 Å². The maximum atomic E-state index is 5.94. The maximum Gasteiger partial charge on any atom is 0.154 e. The van der Waals surface area contributed by atoms with E-state index >= 15 is 0 Å². The molecule has 0 fully saturated rings. The molecule has 0 amide bonds. The molecule has 1 aliphatic heterocycles. The van der Waals surface area contributed by atoms with E-state index in [0.29, 0.717) is 5.82 Å². The Morgan fingerprint density at radius 3 is 2.71 bits per heavy atom. The highest BCUT2D eigenvalue weighted by atomic mass is 16.5. The van der Waals surface area contributed by atoms with Crippen molar-refractivity contribution in [3.63, 3.8) is 0 Å². The summed E-state index contributed by atoms with van der Waals surface area (Å²) in [6.07, 6.45) is 2.11. The second kappa shape index (κ2) is 4.74. The fourth-order valence-corrected chi connectivity index (χ4v) is 2.90. The third-order valence-corrected chi connectivity index (χ3v) is 3.90. The Bertz CT molecular complexity index is 829. The van der Waals surface area contributed by atoms with Crippen LogP contribution in [-0.2, 0) is 6.42 Å². The van der Waals surface area contributed by atoms with Crippen molar-refractivity contribution in [1.29, 1.82) is 0 Å². The molecule has 4 rings (SSSR count). The first-order valence-electron chi connectivity index (χ1n) is 7.10. The van der Waals surface area contributed by atoms with E-state index in [0.717, 1.165) is 47.2 Å². The molecule has 3 aromatic rings. The molecule has 104 valence electrons. The minimum atomic E-state index is 0.458. The molecule has 2 heterocycles. The van der Waals surface area contributed by atoms with E-state index in [4.69, 9.17) is 10.5 Å². The molecular formula is C17H15N3O. The summed E-state index contributed by atoms with van der Waals surface area (Å²) in [5.41, 5.74) is 9.00. The smallest absolute Gasteiger partial charge is 0.154 e. The second-order valence-electron chi connectivity index (χ2n) is 5.23. The largest absolute Gasteiger partial charge is 0.493 e. The normalized spacial score (nSPS) is 13.7. The van der Waals surface area contributed by atoms with Crippen LogP contribution in [0.2, 0.25) is 0 Å². The van der Waals surface area contributed by atoms with E-state index < -0.39 is 0 Å². The van der Waals surface area contributed by atoms with Crippen LogP contribution in [0.3, 0.4) is 0 Å².